The van der Waals surface area contributed by atoms with Crippen molar-refractivity contribution in [1.29, 1.82) is 0 Å². The van der Waals surface area contributed by atoms with Gasteiger partial charge in [-0.3, -0.25) is 4.79 Å². The zero-order valence-electron chi connectivity index (χ0n) is 19.6. The van der Waals surface area contributed by atoms with Gasteiger partial charge in [-0.25, -0.2) is 9.48 Å². The first kappa shape index (κ1) is 24.3. The van der Waals surface area contributed by atoms with E-state index in [2.05, 4.69) is 10.4 Å². The Morgan fingerprint density at radius 2 is 1.94 bits per heavy atom. The Balaban J connectivity index is 1.46. The molecule has 1 aliphatic carbocycles. The fourth-order valence-corrected chi connectivity index (χ4v) is 5.37. The minimum Gasteiger partial charge on any atom is -0.471 e. The van der Waals surface area contributed by atoms with Crippen molar-refractivity contribution in [2.24, 2.45) is 0 Å². The topological polar surface area (TPSA) is 82.5 Å². The Morgan fingerprint density at radius 1 is 1.21 bits per heavy atom. The summed E-state index contributed by atoms with van der Waals surface area (Å²) in [4.78, 5) is 26.8. The Hall–Kier alpha value is -2.84. The van der Waals surface area contributed by atoms with E-state index in [0.29, 0.717) is 22.9 Å². The van der Waals surface area contributed by atoms with Gasteiger partial charge in [0.2, 0.25) is 0 Å². The SMILES string of the molecule is CCCOC(=O)c1c(NC(=O)c2ccn(COc3cc(C)c(Cl)c(C)c3)n2)sc2c1CCCC2. The Labute approximate surface area is 208 Å². The van der Waals surface area contributed by atoms with Gasteiger partial charge in [0.05, 0.1) is 12.2 Å². The molecule has 0 radical (unpaired) electrons. The molecule has 1 aliphatic rings. The molecule has 1 aromatic carbocycles. The van der Waals surface area contributed by atoms with Gasteiger partial charge in [0.1, 0.15) is 10.8 Å². The highest BCUT2D eigenvalue weighted by Gasteiger charge is 2.28. The number of nitrogens with one attached hydrogen (secondary N) is 1. The highest BCUT2D eigenvalue weighted by atomic mass is 35.5. The predicted octanol–water partition coefficient (Wildman–Crippen LogP) is 5.95. The first-order chi connectivity index (χ1) is 16.4. The molecule has 0 unspecified atom stereocenters. The summed E-state index contributed by atoms with van der Waals surface area (Å²) in [6, 6.07) is 5.36. The van der Waals surface area contributed by atoms with Crippen LogP contribution in [0.4, 0.5) is 5.00 Å². The number of ether oxygens (including phenoxy) is 2. The maximum atomic E-state index is 12.9. The fraction of sp³-hybridized carbons (Fsp3) is 0.400. The third-order valence-electron chi connectivity index (χ3n) is 5.69. The van der Waals surface area contributed by atoms with E-state index in [1.54, 1.807) is 16.9 Å². The number of amides is 1. The van der Waals surface area contributed by atoms with E-state index in [1.807, 2.05) is 32.9 Å². The standard InChI is InChI=1S/C25H28ClN3O4S/c1-4-11-32-25(31)21-18-7-5-6-8-20(18)34-24(21)27-23(30)19-9-10-29(28-19)14-33-17-12-15(2)22(26)16(3)13-17/h9-10,12-13H,4-8,11,14H2,1-3H3,(H,27,30). The van der Waals surface area contributed by atoms with E-state index in [0.717, 1.165) is 58.7 Å². The van der Waals surface area contributed by atoms with Gasteiger partial charge in [-0.05, 0) is 80.8 Å². The van der Waals surface area contributed by atoms with Crippen molar-refractivity contribution in [3.8, 4) is 5.75 Å². The monoisotopic (exact) mass is 501 g/mol. The average Bonchev–Trinajstić information content (AvgIpc) is 3.44. The van der Waals surface area contributed by atoms with Crippen LogP contribution in [0.1, 0.15) is 68.6 Å². The quantitative estimate of drug-likeness (QED) is 0.386. The molecule has 4 rings (SSSR count). The molecule has 0 spiro atoms. The number of esters is 1. The molecule has 1 N–H and O–H groups in total. The molecule has 34 heavy (non-hydrogen) atoms. The molecular formula is C25H28ClN3O4S. The lowest BCUT2D eigenvalue weighted by Crippen LogP contribution is -2.17. The van der Waals surface area contributed by atoms with Crippen LogP contribution in [0.25, 0.3) is 0 Å². The molecule has 0 saturated heterocycles. The molecule has 9 heteroatoms. The number of thiophene rings is 1. The number of aromatic nitrogens is 2. The number of carbonyl (C=O) groups excluding carboxylic acids is 2. The molecule has 7 nitrogen and oxygen atoms in total. The number of benzene rings is 1. The summed E-state index contributed by atoms with van der Waals surface area (Å²) in [6.45, 7) is 6.30. The third-order valence-corrected chi connectivity index (χ3v) is 7.49. The summed E-state index contributed by atoms with van der Waals surface area (Å²) in [6.07, 6.45) is 6.28. The first-order valence-electron chi connectivity index (χ1n) is 11.4. The van der Waals surface area contributed by atoms with Gasteiger partial charge >= 0.3 is 5.97 Å². The first-order valence-corrected chi connectivity index (χ1v) is 12.6. The number of carbonyl (C=O) groups is 2. The Kier molecular flexibility index (Phi) is 7.58. The van der Waals surface area contributed by atoms with Crippen molar-refractivity contribution in [2.45, 2.75) is 59.6 Å². The lowest BCUT2D eigenvalue weighted by atomic mass is 9.95. The smallest absolute Gasteiger partial charge is 0.341 e. The summed E-state index contributed by atoms with van der Waals surface area (Å²) in [5, 5.41) is 8.49. The third kappa shape index (κ3) is 5.28. The number of rotatable bonds is 8. The van der Waals surface area contributed by atoms with Crippen LogP contribution in [0, 0.1) is 13.8 Å². The van der Waals surface area contributed by atoms with Gasteiger partial charge in [0.15, 0.2) is 12.4 Å². The highest BCUT2D eigenvalue weighted by molar-refractivity contribution is 7.17. The minimum absolute atomic E-state index is 0.148. The maximum absolute atomic E-state index is 12.9. The van der Waals surface area contributed by atoms with E-state index in [4.69, 9.17) is 21.1 Å². The van der Waals surface area contributed by atoms with Crippen molar-refractivity contribution in [2.75, 3.05) is 11.9 Å². The van der Waals surface area contributed by atoms with E-state index in [9.17, 15) is 9.59 Å². The normalized spacial score (nSPS) is 12.8. The number of halogens is 1. The van der Waals surface area contributed by atoms with Crippen molar-refractivity contribution < 1.29 is 19.1 Å². The van der Waals surface area contributed by atoms with Crippen LogP contribution in [-0.2, 0) is 24.3 Å². The second-order valence-electron chi connectivity index (χ2n) is 8.39. The zero-order valence-corrected chi connectivity index (χ0v) is 21.1. The molecule has 2 aromatic heterocycles. The van der Waals surface area contributed by atoms with Crippen LogP contribution in [0.2, 0.25) is 5.02 Å². The molecule has 0 fully saturated rings. The van der Waals surface area contributed by atoms with Crippen LogP contribution in [0.3, 0.4) is 0 Å². The van der Waals surface area contributed by atoms with Gasteiger partial charge in [0.25, 0.3) is 5.91 Å². The van der Waals surface area contributed by atoms with E-state index >= 15 is 0 Å². The second kappa shape index (κ2) is 10.6. The van der Waals surface area contributed by atoms with Crippen LogP contribution >= 0.6 is 22.9 Å². The van der Waals surface area contributed by atoms with Gasteiger partial charge in [0, 0.05) is 16.1 Å². The molecule has 1 amide bonds. The average molecular weight is 502 g/mol. The lowest BCUT2D eigenvalue weighted by Gasteiger charge is -2.12. The van der Waals surface area contributed by atoms with Gasteiger partial charge in [-0.1, -0.05) is 18.5 Å². The summed E-state index contributed by atoms with van der Waals surface area (Å²) < 4.78 is 12.8. The highest BCUT2D eigenvalue weighted by Crippen LogP contribution is 2.38. The van der Waals surface area contributed by atoms with Crippen LogP contribution in [-0.4, -0.2) is 28.3 Å². The maximum Gasteiger partial charge on any atom is 0.341 e. The summed E-state index contributed by atoms with van der Waals surface area (Å²) in [5.41, 5.74) is 3.62. The summed E-state index contributed by atoms with van der Waals surface area (Å²) >= 11 is 7.68. The molecule has 180 valence electrons. The summed E-state index contributed by atoms with van der Waals surface area (Å²) in [5.74, 6) is -0.0654. The number of nitrogens with zero attached hydrogens (tertiary/aromatic N) is 2. The predicted molar refractivity (Wildman–Crippen MR) is 133 cm³/mol. The number of anilines is 1. The van der Waals surface area contributed by atoms with E-state index < -0.39 is 0 Å². The Bertz CT molecular complexity index is 1190. The number of aryl methyl sites for hydroxylation is 3. The van der Waals surface area contributed by atoms with Crippen LogP contribution in [0.15, 0.2) is 24.4 Å². The molecule has 0 bridgehead atoms. The summed E-state index contributed by atoms with van der Waals surface area (Å²) in [7, 11) is 0. The van der Waals surface area contributed by atoms with Crippen molar-refractivity contribution >= 4 is 39.8 Å². The van der Waals surface area contributed by atoms with Crippen molar-refractivity contribution in [3.05, 3.63) is 62.2 Å². The second-order valence-corrected chi connectivity index (χ2v) is 9.87. The number of hydrogen-bond donors (Lipinski definition) is 1. The molecule has 3 aromatic rings. The molecule has 0 atom stereocenters. The fourth-order valence-electron chi connectivity index (χ4n) is 3.99. The largest absolute Gasteiger partial charge is 0.471 e. The molecular weight excluding hydrogens is 474 g/mol. The van der Waals surface area contributed by atoms with Crippen molar-refractivity contribution in [3.63, 3.8) is 0 Å². The van der Waals surface area contributed by atoms with Gasteiger partial charge in [-0.2, -0.15) is 5.10 Å². The van der Waals surface area contributed by atoms with E-state index in [-0.39, 0.29) is 24.3 Å². The number of fused-ring (bicyclic) bond motifs is 1. The molecule has 2 heterocycles. The molecule has 0 saturated carbocycles. The van der Waals surface area contributed by atoms with Crippen LogP contribution in [0.5, 0.6) is 5.75 Å². The molecule has 0 aliphatic heterocycles. The van der Waals surface area contributed by atoms with E-state index in [1.165, 1.54) is 11.3 Å². The minimum atomic E-state index is -0.375. The lowest BCUT2D eigenvalue weighted by molar-refractivity contribution is 0.0505. The van der Waals surface area contributed by atoms with Crippen LogP contribution < -0.4 is 10.1 Å². The Morgan fingerprint density at radius 3 is 2.68 bits per heavy atom. The zero-order chi connectivity index (χ0) is 24.2. The number of hydrogen-bond acceptors (Lipinski definition) is 6. The van der Waals surface area contributed by atoms with Gasteiger partial charge in [-0.15, -0.1) is 11.3 Å². The van der Waals surface area contributed by atoms with Gasteiger partial charge < -0.3 is 14.8 Å². The van der Waals surface area contributed by atoms with Crippen molar-refractivity contribution in [1.82, 2.24) is 9.78 Å².